The second kappa shape index (κ2) is 10.7. The van der Waals surface area contributed by atoms with Crippen molar-refractivity contribution in [3.8, 4) is 11.8 Å². The highest BCUT2D eigenvalue weighted by Crippen LogP contribution is 2.35. The Hall–Kier alpha value is -3.78. The van der Waals surface area contributed by atoms with Crippen LogP contribution in [-0.4, -0.2) is 5.91 Å². The molecule has 0 atom stereocenters. The number of anilines is 1. The summed E-state index contributed by atoms with van der Waals surface area (Å²) in [6.07, 6.45) is 1.45. The average Bonchev–Trinajstić information content (AvgIpc) is 2.83. The van der Waals surface area contributed by atoms with E-state index in [4.69, 9.17) is 27.9 Å². The Balaban J connectivity index is 1.51. The lowest BCUT2D eigenvalue weighted by molar-refractivity contribution is -0.112. The summed E-state index contributed by atoms with van der Waals surface area (Å²) in [5.74, 6) is -0.166. The van der Waals surface area contributed by atoms with Crippen molar-refractivity contribution in [3.63, 3.8) is 0 Å². The summed E-state index contributed by atoms with van der Waals surface area (Å²) in [6, 6.07) is 25.0. The van der Waals surface area contributed by atoms with E-state index in [2.05, 4.69) is 17.4 Å². The molecule has 0 spiro atoms. The van der Waals surface area contributed by atoms with Gasteiger partial charge in [0.1, 0.15) is 18.2 Å². The number of nitriles is 1. The molecule has 0 bridgehead atoms. The molecule has 0 aliphatic rings. The number of ether oxygens (including phenoxy) is 1. The smallest absolute Gasteiger partial charge is 0.266 e. The third kappa shape index (κ3) is 5.84. The summed E-state index contributed by atoms with van der Waals surface area (Å²) >= 11 is 12.9. The van der Waals surface area contributed by atoms with E-state index in [1.807, 2.05) is 68.4 Å². The molecule has 6 heteroatoms. The first-order valence-corrected chi connectivity index (χ1v) is 11.7. The van der Waals surface area contributed by atoms with Crippen LogP contribution in [0.3, 0.4) is 0 Å². The van der Waals surface area contributed by atoms with E-state index in [0.717, 1.165) is 27.5 Å². The molecule has 0 saturated heterocycles. The fraction of sp³-hybridized carbons (Fsp3) is 0.103. The maximum atomic E-state index is 12.7. The minimum atomic E-state index is -0.511. The summed E-state index contributed by atoms with van der Waals surface area (Å²) in [5.41, 5.74) is 4.08. The molecule has 0 saturated carbocycles. The number of carbonyl (C=O) groups excluding carboxylic acids is 1. The summed E-state index contributed by atoms with van der Waals surface area (Å²) in [5, 5.41) is 15.2. The maximum absolute atomic E-state index is 12.7. The van der Waals surface area contributed by atoms with Crippen LogP contribution in [-0.2, 0) is 11.4 Å². The molecule has 0 aliphatic carbocycles. The van der Waals surface area contributed by atoms with Crippen molar-refractivity contribution in [1.82, 2.24) is 0 Å². The summed E-state index contributed by atoms with van der Waals surface area (Å²) in [7, 11) is 0. The van der Waals surface area contributed by atoms with Gasteiger partial charge in [-0.1, -0.05) is 77.3 Å². The van der Waals surface area contributed by atoms with E-state index in [0.29, 0.717) is 23.6 Å². The maximum Gasteiger partial charge on any atom is 0.266 e. The molecular formula is C29H22Cl2N2O2. The highest BCUT2D eigenvalue weighted by molar-refractivity contribution is 6.37. The molecule has 4 aromatic rings. The third-order valence-electron chi connectivity index (χ3n) is 5.52. The molecule has 4 aromatic carbocycles. The van der Waals surface area contributed by atoms with Crippen molar-refractivity contribution in [2.75, 3.05) is 5.32 Å². The van der Waals surface area contributed by atoms with E-state index < -0.39 is 5.91 Å². The van der Waals surface area contributed by atoms with Gasteiger partial charge in [0.2, 0.25) is 0 Å². The number of hydrogen-bond donors (Lipinski definition) is 1. The molecular weight excluding hydrogens is 479 g/mol. The molecule has 174 valence electrons. The van der Waals surface area contributed by atoms with E-state index in [1.54, 1.807) is 12.1 Å². The second-order valence-corrected chi connectivity index (χ2v) is 9.04. The molecule has 0 unspecified atom stereocenters. The van der Waals surface area contributed by atoms with Crippen molar-refractivity contribution >= 4 is 51.6 Å². The predicted octanol–water partition coefficient (Wildman–Crippen LogP) is 7.89. The minimum absolute atomic E-state index is 0.0676. The lowest BCUT2D eigenvalue weighted by Gasteiger charge is -2.12. The van der Waals surface area contributed by atoms with Crippen LogP contribution in [0.25, 0.3) is 16.8 Å². The van der Waals surface area contributed by atoms with Gasteiger partial charge < -0.3 is 10.1 Å². The normalized spacial score (nSPS) is 11.2. The Kier molecular flexibility index (Phi) is 7.41. The van der Waals surface area contributed by atoms with Gasteiger partial charge in [-0.2, -0.15) is 5.26 Å². The number of carbonyl (C=O) groups is 1. The van der Waals surface area contributed by atoms with Crippen LogP contribution in [0.2, 0.25) is 10.0 Å². The Bertz CT molecular complexity index is 1480. The number of amides is 1. The lowest BCUT2D eigenvalue weighted by Crippen LogP contribution is -2.14. The van der Waals surface area contributed by atoms with Gasteiger partial charge in [0.15, 0.2) is 5.75 Å². The SMILES string of the molecule is Cc1ccc(NC(=O)/C(C#N)=C/c2cc(Cl)c(OCc3ccc4ccccc4c3)c(Cl)c2)c(C)c1. The van der Waals surface area contributed by atoms with Gasteiger partial charge in [0.25, 0.3) is 5.91 Å². The van der Waals surface area contributed by atoms with Crippen molar-refractivity contribution in [1.29, 1.82) is 5.26 Å². The number of benzene rings is 4. The molecule has 35 heavy (non-hydrogen) atoms. The number of hydrogen-bond acceptors (Lipinski definition) is 3. The minimum Gasteiger partial charge on any atom is -0.486 e. The zero-order chi connectivity index (χ0) is 24.9. The molecule has 0 aromatic heterocycles. The van der Waals surface area contributed by atoms with Crippen molar-refractivity contribution in [2.24, 2.45) is 0 Å². The largest absolute Gasteiger partial charge is 0.486 e. The van der Waals surface area contributed by atoms with Gasteiger partial charge in [-0.25, -0.2) is 0 Å². The zero-order valence-electron chi connectivity index (χ0n) is 19.2. The monoisotopic (exact) mass is 500 g/mol. The van der Waals surface area contributed by atoms with Crippen LogP contribution in [0.1, 0.15) is 22.3 Å². The Morgan fingerprint density at radius 3 is 2.37 bits per heavy atom. The molecule has 0 radical (unpaired) electrons. The number of halogens is 2. The summed E-state index contributed by atoms with van der Waals surface area (Å²) in [4.78, 5) is 12.7. The first-order valence-electron chi connectivity index (χ1n) is 10.9. The second-order valence-electron chi connectivity index (χ2n) is 8.23. The Labute approximate surface area is 214 Å². The first-order chi connectivity index (χ1) is 16.8. The van der Waals surface area contributed by atoms with E-state index in [9.17, 15) is 10.1 Å². The topological polar surface area (TPSA) is 62.1 Å². The van der Waals surface area contributed by atoms with Crippen LogP contribution < -0.4 is 10.1 Å². The molecule has 1 N–H and O–H groups in total. The van der Waals surface area contributed by atoms with E-state index in [1.165, 1.54) is 6.08 Å². The standard InChI is InChI=1S/C29H22Cl2N2O2/c1-18-7-10-27(19(2)11-18)33-29(34)24(16-32)13-21-14-25(30)28(26(31)15-21)35-17-20-8-9-22-5-3-4-6-23(22)12-20/h3-15H,17H2,1-2H3,(H,33,34)/b24-13+. The van der Waals surface area contributed by atoms with Gasteiger partial charge >= 0.3 is 0 Å². The van der Waals surface area contributed by atoms with Gasteiger partial charge in [-0.15, -0.1) is 0 Å². The van der Waals surface area contributed by atoms with E-state index >= 15 is 0 Å². The van der Waals surface area contributed by atoms with Crippen LogP contribution in [0, 0.1) is 25.2 Å². The van der Waals surface area contributed by atoms with Crippen LogP contribution in [0.5, 0.6) is 5.75 Å². The molecule has 4 nitrogen and oxygen atoms in total. The van der Waals surface area contributed by atoms with E-state index in [-0.39, 0.29) is 15.6 Å². The van der Waals surface area contributed by atoms with Gasteiger partial charge in [0, 0.05) is 5.69 Å². The molecule has 4 rings (SSSR count). The fourth-order valence-electron chi connectivity index (χ4n) is 3.74. The lowest BCUT2D eigenvalue weighted by atomic mass is 10.1. The van der Waals surface area contributed by atoms with Gasteiger partial charge in [-0.05, 0) is 71.7 Å². The number of nitrogens with one attached hydrogen (secondary N) is 1. The molecule has 0 fully saturated rings. The van der Waals surface area contributed by atoms with Gasteiger partial charge in [-0.3, -0.25) is 4.79 Å². The zero-order valence-corrected chi connectivity index (χ0v) is 20.7. The van der Waals surface area contributed by atoms with Crippen molar-refractivity contribution in [2.45, 2.75) is 20.5 Å². The number of fused-ring (bicyclic) bond motifs is 1. The van der Waals surface area contributed by atoms with Crippen LogP contribution in [0.15, 0.2) is 78.4 Å². The molecule has 0 heterocycles. The predicted molar refractivity (Wildman–Crippen MR) is 143 cm³/mol. The highest BCUT2D eigenvalue weighted by Gasteiger charge is 2.14. The van der Waals surface area contributed by atoms with Crippen molar-refractivity contribution in [3.05, 3.63) is 111 Å². The Morgan fingerprint density at radius 1 is 0.971 bits per heavy atom. The fourth-order valence-corrected chi connectivity index (χ4v) is 4.36. The van der Waals surface area contributed by atoms with Crippen LogP contribution in [0.4, 0.5) is 5.69 Å². The number of nitrogens with zero attached hydrogens (tertiary/aromatic N) is 1. The number of aryl methyl sites for hydroxylation is 2. The first kappa shape index (κ1) is 24.3. The van der Waals surface area contributed by atoms with Crippen LogP contribution >= 0.6 is 23.2 Å². The number of rotatable bonds is 6. The quantitative estimate of drug-likeness (QED) is 0.216. The summed E-state index contributed by atoms with van der Waals surface area (Å²) < 4.78 is 5.91. The van der Waals surface area contributed by atoms with Crippen molar-refractivity contribution < 1.29 is 9.53 Å². The Morgan fingerprint density at radius 2 is 1.69 bits per heavy atom. The molecule has 1 amide bonds. The molecule has 0 aliphatic heterocycles. The summed E-state index contributed by atoms with van der Waals surface area (Å²) in [6.45, 7) is 4.16. The van der Waals surface area contributed by atoms with Gasteiger partial charge in [0.05, 0.1) is 10.0 Å². The average molecular weight is 501 g/mol. The third-order valence-corrected chi connectivity index (χ3v) is 6.09. The highest BCUT2D eigenvalue weighted by atomic mass is 35.5.